The summed E-state index contributed by atoms with van der Waals surface area (Å²) in [5, 5.41) is 4.18. The molecule has 0 aliphatic carbocycles. The summed E-state index contributed by atoms with van der Waals surface area (Å²) in [4.78, 5) is 34.6. The molecule has 172 valence electrons. The van der Waals surface area contributed by atoms with Gasteiger partial charge >= 0.3 is 0 Å². The molecule has 3 aromatic rings. The fourth-order valence-electron chi connectivity index (χ4n) is 4.95. The lowest BCUT2D eigenvalue weighted by Gasteiger charge is -2.39. The van der Waals surface area contributed by atoms with Gasteiger partial charge in [-0.25, -0.2) is 0 Å². The maximum atomic E-state index is 13.3. The Morgan fingerprint density at radius 1 is 0.848 bits per heavy atom. The number of carbonyl (C=O) groups excluding carboxylic acids is 2. The minimum Gasteiger partial charge on any atom is -0.339 e. The Labute approximate surface area is 203 Å². The zero-order chi connectivity index (χ0) is 22.8. The standard InChI is InChI=1S/C26H29N3O2S2/c1-19-5-2-3-7-21(19)26-22-9-16-33-23(22)8-10-29(26)18-25(31)28-13-11-27(12-14-28)24(30)17-20-6-4-15-32-20/h2-7,9,15-16,26H,8,10-14,17-18H2,1H3/t26-/m1/s1. The molecular weight excluding hydrogens is 450 g/mol. The van der Waals surface area contributed by atoms with Crippen molar-refractivity contribution in [3.05, 3.63) is 79.7 Å². The Morgan fingerprint density at radius 2 is 1.61 bits per heavy atom. The maximum absolute atomic E-state index is 13.3. The zero-order valence-electron chi connectivity index (χ0n) is 18.9. The van der Waals surface area contributed by atoms with Gasteiger partial charge in [0, 0.05) is 42.5 Å². The van der Waals surface area contributed by atoms with Crippen LogP contribution in [0.4, 0.5) is 0 Å². The lowest BCUT2D eigenvalue weighted by Crippen LogP contribution is -2.53. The first kappa shape index (κ1) is 22.3. The van der Waals surface area contributed by atoms with Gasteiger partial charge in [-0.3, -0.25) is 14.5 Å². The zero-order valence-corrected chi connectivity index (χ0v) is 20.5. The molecule has 33 heavy (non-hydrogen) atoms. The summed E-state index contributed by atoms with van der Waals surface area (Å²) in [5.74, 6) is 0.322. The molecule has 0 radical (unpaired) electrons. The van der Waals surface area contributed by atoms with E-state index in [1.54, 1.807) is 11.3 Å². The first-order chi connectivity index (χ1) is 16.1. The fraction of sp³-hybridized carbons (Fsp3) is 0.385. The van der Waals surface area contributed by atoms with E-state index in [-0.39, 0.29) is 17.9 Å². The summed E-state index contributed by atoms with van der Waals surface area (Å²) in [6.07, 6.45) is 1.45. The van der Waals surface area contributed by atoms with Crippen LogP contribution in [0.25, 0.3) is 0 Å². The lowest BCUT2D eigenvalue weighted by atomic mass is 9.90. The molecule has 0 spiro atoms. The average molecular weight is 480 g/mol. The quantitative estimate of drug-likeness (QED) is 0.556. The molecule has 2 amide bonds. The highest BCUT2D eigenvalue weighted by atomic mass is 32.1. The number of hydrogen-bond donors (Lipinski definition) is 0. The number of hydrogen-bond acceptors (Lipinski definition) is 5. The highest BCUT2D eigenvalue weighted by Gasteiger charge is 2.33. The highest BCUT2D eigenvalue weighted by molar-refractivity contribution is 7.10. The van der Waals surface area contributed by atoms with Gasteiger partial charge in [0.15, 0.2) is 0 Å². The van der Waals surface area contributed by atoms with Crippen LogP contribution in [-0.4, -0.2) is 65.8 Å². The molecule has 0 N–H and O–H groups in total. The van der Waals surface area contributed by atoms with Crippen LogP contribution in [0.1, 0.15) is 32.5 Å². The van der Waals surface area contributed by atoms with Gasteiger partial charge in [0.05, 0.1) is 19.0 Å². The van der Waals surface area contributed by atoms with Gasteiger partial charge in [-0.15, -0.1) is 22.7 Å². The molecule has 1 fully saturated rings. The van der Waals surface area contributed by atoms with Crippen LogP contribution in [0.15, 0.2) is 53.2 Å². The van der Waals surface area contributed by atoms with Crippen LogP contribution in [-0.2, 0) is 22.4 Å². The Morgan fingerprint density at radius 3 is 2.33 bits per heavy atom. The van der Waals surface area contributed by atoms with E-state index in [0.29, 0.717) is 39.1 Å². The second-order valence-electron chi connectivity index (χ2n) is 8.80. The maximum Gasteiger partial charge on any atom is 0.236 e. The van der Waals surface area contributed by atoms with Crippen molar-refractivity contribution in [3.63, 3.8) is 0 Å². The molecule has 4 heterocycles. The third-order valence-electron chi connectivity index (χ3n) is 6.78. The Balaban J connectivity index is 1.24. The number of fused-ring (bicyclic) bond motifs is 1. The molecule has 7 heteroatoms. The van der Waals surface area contributed by atoms with Crippen LogP contribution in [0.3, 0.4) is 0 Å². The van der Waals surface area contributed by atoms with Gasteiger partial charge in [0.1, 0.15) is 0 Å². The van der Waals surface area contributed by atoms with Crippen molar-refractivity contribution < 1.29 is 9.59 Å². The molecule has 2 aromatic heterocycles. The minimum atomic E-state index is 0.124. The second-order valence-corrected chi connectivity index (χ2v) is 10.8. The lowest BCUT2D eigenvalue weighted by molar-refractivity contribution is -0.140. The van der Waals surface area contributed by atoms with E-state index in [4.69, 9.17) is 0 Å². The smallest absolute Gasteiger partial charge is 0.236 e. The van der Waals surface area contributed by atoms with E-state index < -0.39 is 0 Å². The van der Waals surface area contributed by atoms with Crippen molar-refractivity contribution >= 4 is 34.5 Å². The topological polar surface area (TPSA) is 43.9 Å². The monoisotopic (exact) mass is 479 g/mol. The van der Waals surface area contributed by atoms with Crippen LogP contribution in [0.5, 0.6) is 0 Å². The summed E-state index contributed by atoms with van der Waals surface area (Å²) in [7, 11) is 0. The first-order valence-electron chi connectivity index (χ1n) is 11.5. The summed E-state index contributed by atoms with van der Waals surface area (Å²) < 4.78 is 0. The molecule has 0 saturated carbocycles. The van der Waals surface area contributed by atoms with E-state index in [0.717, 1.165) is 17.8 Å². The van der Waals surface area contributed by atoms with Gasteiger partial charge in [-0.1, -0.05) is 30.3 Å². The number of aryl methyl sites for hydroxylation is 1. The first-order valence-corrected chi connectivity index (χ1v) is 13.3. The van der Waals surface area contributed by atoms with E-state index >= 15 is 0 Å². The molecule has 2 aliphatic rings. The Hall–Kier alpha value is -2.48. The largest absolute Gasteiger partial charge is 0.339 e. The third-order valence-corrected chi connectivity index (χ3v) is 8.65. The number of carbonyl (C=O) groups is 2. The number of piperazine rings is 1. The van der Waals surface area contributed by atoms with Crippen molar-refractivity contribution in [1.29, 1.82) is 0 Å². The van der Waals surface area contributed by atoms with Crippen molar-refractivity contribution in [2.75, 3.05) is 39.3 Å². The summed E-state index contributed by atoms with van der Waals surface area (Å²) in [6, 6.07) is 14.9. The van der Waals surface area contributed by atoms with Crippen molar-refractivity contribution in [2.24, 2.45) is 0 Å². The summed E-state index contributed by atoms with van der Waals surface area (Å²) >= 11 is 3.44. The van der Waals surface area contributed by atoms with Crippen LogP contribution < -0.4 is 0 Å². The number of benzene rings is 1. The average Bonchev–Trinajstić information content (AvgIpc) is 3.52. The van der Waals surface area contributed by atoms with E-state index in [9.17, 15) is 9.59 Å². The van der Waals surface area contributed by atoms with Gasteiger partial charge in [-0.05, 0) is 52.9 Å². The van der Waals surface area contributed by atoms with Crippen LogP contribution >= 0.6 is 22.7 Å². The van der Waals surface area contributed by atoms with Gasteiger partial charge in [-0.2, -0.15) is 0 Å². The second kappa shape index (κ2) is 9.79. The van der Waals surface area contributed by atoms with Crippen molar-refractivity contribution in [3.8, 4) is 0 Å². The normalized spacial score (nSPS) is 18.9. The molecule has 1 aromatic carbocycles. The Kier molecular flexibility index (Phi) is 6.62. The van der Waals surface area contributed by atoms with Gasteiger partial charge in [0.25, 0.3) is 0 Å². The van der Waals surface area contributed by atoms with Gasteiger partial charge < -0.3 is 9.80 Å². The molecule has 2 aliphatic heterocycles. The van der Waals surface area contributed by atoms with E-state index in [1.807, 2.05) is 38.6 Å². The number of nitrogens with zero attached hydrogens (tertiary/aromatic N) is 3. The Bertz CT molecular complexity index is 1120. The molecule has 5 rings (SSSR count). The minimum absolute atomic E-state index is 0.124. The molecule has 1 saturated heterocycles. The predicted molar refractivity (Wildman–Crippen MR) is 134 cm³/mol. The van der Waals surface area contributed by atoms with E-state index in [2.05, 4.69) is 47.5 Å². The predicted octanol–water partition coefficient (Wildman–Crippen LogP) is 3.98. The van der Waals surface area contributed by atoms with Gasteiger partial charge in [0.2, 0.25) is 11.8 Å². The molecule has 1 atom stereocenters. The highest BCUT2D eigenvalue weighted by Crippen LogP contribution is 2.38. The van der Waals surface area contributed by atoms with Crippen LogP contribution in [0, 0.1) is 6.92 Å². The number of rotatable bonds is 5. The SMILES string of the molecule is Cc1ccccc1[C@@H]1c2ccsc2CCN1CC(=O)N1CCN(C(=O)Cc2cccs2)CC1. The number of thiophene rings is 2. The summed E-state index contributed by atoms with van der Waals surface area (Å²) in [5.41, 5.74) is 3.89. The molecule has 5 nitrogen and oxygen atoms in total. The summed E-state index contributed by atoms with van der Waals surface area (Å²) in [6.45, 7) is 5.91. The molecule has 0 bridgehead atoms. The van der Waals surface area contributed by atoms with E-state index in [1.165, 1.54) is 21.6 Å². The fourth-order valence-corrected chi connectivity index (χ4v) is 6.55. The van der Waals surface area contributed by atoms with Crippen molar-refractivity contribution in [2.45, 2.75) is 25.8 Å². The molecular formula is C26H29N3O2S2. The third kappa shape index (κ3) is 4.76. The number of amides is 2. The molecule has 0 unspecified atom stereocenters. The van der Waals surface area contributed by atoms with Crippen LogP contribution in [0.2, 0.25) is 0 Å². The van der Waals surface area contributed by atoms with Crippen molar-refractivity contribution in [1.82, 2.24) is 14.7 Å².